The molecule has 1 aromatic rings. The second-order valence-corrected chi connectivity index (χ2v) is 2.69. The average molecular weight is 138 g/mol. The fourth-order valence-corrected chi connectivity index (χ4v) is 1.27. The topological polar surface area (TPSA) is 30.9 Å². The summed E-state index contributed by atoms with van der Waals surface area (Å²) in [4.78, 5) is 0. The average Bonchev–Trinajstić information content (AvgIpc) is 2.09. The standard InChI is InChI=1S/C8H14N2/c1-6-5-10(3)7(2)8(6)4-9/h5H,4,9H2,1-3H3. The van der Waals surface area contributed by atoms with Gasteiger partial charge in [0.1, 0.15) is 0 Å². The minimum atomic E-state index is 0.651. The molecule has 0 aliphatic heterocycles. The molecule has 0 atom stereocenters. The second-order valence-electron chi connectivity index (χ2n) is 2.69. The lowest BCUT2D eigenvalue weighted by molar-refractivity contribution is 0.866. The third-order valence-corrected chi connectivity index (χ3v) is 2.03. The maximum atomic E-state index is 5.55. The Morgan fingerprint density at radius 3 is 2.30 bits per heavy atom. The van der Waals surface area contributed by atoms with Crippen molar-refractivity contribution in [1.82, 2.24) is 4.57 Å². The summed E-state index contributed by atoms with van der Waals surface area (Å²) in [5.74, 6) is 0. The molecule has 2 N–H and O–H groups in total. The molecule has 1 rings (SSSR count). The number of nitrogens with zero attached hydrogens (tertiary/aromatic N) is 1. The highest BCUT2D eigenvalue weighted by molar-refractivity contribution is 5.29. The van der Waals surface area contributed by atoms with Crippen molar-refractivity contribution in [2.24, 2.45) is 12.8 Å². The summed E-state index contributed by atoms with van der Waals surface area (Å²) in [6.45, 7) is 4.84. The van der Waals surface area contributed by atoms with Crippen LogP contribution in [0, 0.1) is 13.8 Å². The molecule has 10 heavy (non-hydrogen) atoms. The van der Waals surface area contributed by atoms with Crippen LogP contribution in [0.3, 0.4) is 0 Å². The Balaban J connectivity index is 3.20. The zero-order valence-electron chi connectivity index (χ0n) is 6.81. The minimum absolute atomic E-state index is 0.651. The zero-order valence-corrected chi connectivity index (χ0v) is 6.81. The molecule has 0 aliphatic carbocycles. The van der Waals surface area contributed by atoms with Gasteiger partial charge in [0, 0.05) is 25.5 Å². The molecule has 0 aromatic carbocycles. The van der Waals surface area contributed by atoms with Gasteiger partial charge in [-0.25, -0.2) is 0 Å². The molecule has 0 fully saturated rings. The molecule has 56 valence electrons. The maximum absolute atomic E-state index is 5.55. The van der Waals surface area contributed by atoms with E-state index in [0.29, 0.717) is 6.54 Å². The molecule has 0 saturated heterocycles. The Morgan fingerprint density at radius 1 is 1.50 bits per heavy atom. The summed E-state index contributed by atoms with van der Waals surface area (Å²) < 4.78 is 2.11. The van der Waals surface area contributed by atoms with Crippen LogP contribution in [0.4, 0.5) is 0 Å². The number of rotatable bonds is 1. The van der Waals surface area contributed by atoms with Crippen molar-refractivity contribution in [1.29, 1.82) is 0 Å². The zero-order chi connectivity index (χ0) is 7.72. The molecule has 0 amide bonds. The fourth-order valence-electron chi connectivity index (χ4n) is 1.27. The summed E-state index contributed by atoms with van der Waals surface area (Å²) in [5.41, 5.74) is 9.40. The van der Waals surface area contributed by atoms with E-state index in [4.69, 9.17) is 5.73 Å². The first kappa shape index (κ1) is 7.35. The van der Waals surface area contributed by atoms with E-state index < -0.39 is 0 Å². The van der Waals surface area contributed by atoms with Gasteiger partial charge in [0.25, 0.3) is 0 Å². The van der Waals surface area contributed by atoms with Crippen molar-refractivity contribution in [3.8, 4) is 0 Å². The van der Waals surface area contributed by atoms with Crippen LogP contribution in [0.5, 0.6) is 0 Å². The van der Waals surface area contributed by atoms with Gasteiger partial charge >= 0.3 is 0 Å². The van der Waals surface area contributed by atoms with Crippen molar-refractivity contribution < 1.29 is 0 Å². The molecule has 1 aromatic heterocycles. The Bertz CT molecular complexity index is 236. The SMILES string of the molecule is Cc1cn(C)c(C)c1CN. The first-order chi connectivity index (χ1) is 4.66. The van der Waals surface area contributed by atoms with Gasteiger partial charge in [0.05, 0.1) is 0 Å². The quantitative estimate of drug-likeness (QED) is 0.619. The van der Waals surface area contributed by atoms with Crippen molar-refractivity contribution in [2.75, 3.05) is 0 Å². The lowest BCUT2D eigenvalue weighted by Crippen LogP contribution is -1.99. The highest BCUT2D eigenvalue weighted by Gasteiger charge is 2.03. The number of aryl methyl sites for hydroxylation is 2. The Kier molecular flexibility index (Phi) is 1.81. The highest BCUT2D eigenvalue weighted by atomic mass is 14.9. The Morgan fingerprint density at radius 2 is 2.10 bits per heavy atom. The summed E-state index contributed by atoms with van der Waals surface area (Å²) in [7, 11) is 2.04. The van der Waals surface area contributed by atoms with Crippen LogP contribution in [0.2, 0.25) is 0 Å². The van der Waals surface area contributed by atoms with E-state index in [1.807, 2.05) is 7.05 Å². The Labute approximate surface area is 61.7 Å². The summed E-state index contributed by atoms with van der Waals surface area (Å²) >= 11 is 0. The molecule has 2 nitrogen and oxygen atoms in total. The van der Waals surface area contributed by atoms with E-state index in [1.165, 1.54) is 16.8 Å². The van der Waals surface area contributed by atoms with E-state index in [1.54, 1.807) is 0 Å². The van der Waals surface area contributed by atoms with Crippen molar-refractivity contribution in [2.45, 2.75) is 20.4 Å². The largest absolute Gasteiger partial charge is 0.354 e. The van der Waals surface area contributed by atoms with Gasteiger partial charge in [0.2, 0.25) is 0 Å². The first-order valence-electron chi connectivity index (χ1n) is 3.48. The maximum Gasteiger partial charge on any atom is 0.0198 e. The minimum Gasteiger partial charge on any atom is -0.354 e. The molecule has 0 radical (unpaired) electrons. The van der Waals surface area contributed by atoms with E-state index in [9.17, 15) is 0 Å². The lowest BCUT2D eigenvalue weighted by Gasteiger charge is -1.97. The van der Waals surface area contributed by atoms with Crippen LogP contribution in [0.25, 0.3) is 0 Å². The monoisotopic (exact) mass is 138 g/mol. The fraction of sp³-hybridized carbons (Fsp3) is 0.500. The van der Waals surface area contributed by atoms with Crippen molar-refractivity contribution >= 4 is 0 Å². The highest BCUT2D eigenvalue weighted by Crippen LogP contribution is 2.13. The van der Waals surface area contributed by atoms with Crippen LogP contribution < -0.4 is 5.73 Å². The number of hydrogen-bond acceptors (Lipinski definition) is 1. The van der Waals surface area contributed by atoms with E-state index in [0.717, 1.165) is 0 Å². The first-order valence-corrected chi connectivity index (χ1v) is 3.48. The predicted molar refractivity (Wildman–Crippen MR) is 42.8 cm³/mol. The van der Waals surface area contributed by atoms with Crippen LogP contribution in [-0.4, -0.2) is 4.57 Å². The van der Waals surface area contributed by atoms with Crippen molar-refractivity contribution in [3.05, 3.63) is 23.0 Å². The van der Waals surface area contributed by atoms with Gasteiger partial charge in [-0.3, -0.25) is 0 Å². The second kappa shape index (κ2) is 2.46. The van der Waals surface area contributed by atoms with E-state index >= 15 is 0 Å². The summed E-state index contributed by atoms with van der Waals surface area (Å²) in [5, 5.41) is 0. The van der Waals surface area contributed by atoms with E-state index in [2.05, 4.69) is 24.6 Å². The third-order valence-electron chi connectivity index (χ3n) is 2.03. The molecular formula is C8H14N2. The molecule has 1 heterocycles. The van der Waals surface area contributed by atoms with Crippen LogP contribution in [0.1, 0.15) is 16.8 Å². The van der Waals surface area contributed by atoms with Gasteiger partial charge in [0.15, 0.2) is 0 Å². The third kappa shape index (κ3) is 0.948. The molecule has 0 saturated carbocycles. The smallest absolute Gasteiger partial charge is 0.0198 e. The van der Waals surface area contributed by atoms with Gasteiger partial charge in [-0.15, -0.1) is 0 Å². The molecule has 0 spiro atoms. The normalized spacial score (nSPS) is 10.4. The van der Waals surface area contributed by atoms with Gasteiger partial charge in [-0.05, 0) is 25.0 Å². The molecule has 0 aliphatic rings. The summed E-state index contributed by atoms with van der Waals surface area (Å²) in [6.07, 6.45) is 2.11. The van der Waals surface area contributed by atoms with E-state index in [-0.39, 0.29) is 0 Å². The molecular weight excluding hydrogens is 124 g/mol. The summed E-state index contributed by atoms with van der Waals surface area (Å²) in [6, 6.07) is 0. The number of nitrogens with two attached hydrogens (primary N) is 1. The molecule has 0 unspecified atom stereocenters. The van der Waals surface area contributed by atoms with Crippen LogP contribution in [-0.2, 0) is 13.6 Å². The Hall–Kier alpha value is -0.760. The predicted octanol–water partition coefficient (Wildman–Crippen LogP) is 1.10. The van der Waals surface area contributed by atoms with Crippen LogP contribution in [0.15, 0.2) is 6.20 Å². The van der Waals surface area contributed by atoms with Gasteiger partial charge < -0.3 is 10.3 Å². The number of aromatic nitrogens is 1. The van der Waals surface area contributed by atoms with Gasteiger partial charge in [-0.1, -0.05) is 0 Å². The lowest BCUT2D eigenvalue weighted by atomic mass is 10.2. The van der Waals surface area contributed by atoms with Crippen molar-refractivity contribution in [3.63, 3.8) is 0 Å². The van der Waals surface area contributed by atoms with Crippen LogP contribution >= 0.6 is 0 Å². The molecule has 2 heteroatoms. The molecule has 0 bridgehead atoms. The van der Waals surface area contributed by atoms with Gasteiger partial charge in [-0.2, -0.15) is 0 Å². The number of hydrogen-bond donors (Lipinski definition) is 1.